The predicted molar refractivity (Wildman–Crippen MR) is 92.8 cm³/mol. The average Bonchev–Trinajstić information content (AvgIpc) is 3.25. The Balaban J connectivity index is 1.63. The lowest BCUT2D eigenvalue weighted by atomic mass is 9.93. The summed E-state index contributed by atoms with van der Waals surface area (Å²) in [6, 6.07) is 5.79. The standard InChI is InChI=1S/C17H22N4O2S/c1-11(8-13-5-3-7-24-13)17(23)21-6-2-4-12(10-21)14-9-15(16(18)22)20-19-14/h3,5,7,9,11-12H,2,4,6,8,10H2,1H3,(H2,18,22)(H,19,20)/t11-,12-/m1/s1. The number of nitrogens with two attached hydrogens (primary N) is 1. The lowest BCUT2D eigenvalue weighted by molar-refractivity contribution is -0.136. The summed E-state index contributed by atoms with van der Waals surface area (Å²) in [6.07, 6.45) is 2.71. The van der Waals surface area contributed by atoms with Crippen molar-refractivity contribution in [1.29, 1.82) is 0 Å². The van der Waals surface area contributed by atoms with Crippen molar-refractivity contribution in [1.82, 2.24) is 15.1 Å². The van der Waals surface area contributed by atoms with Crippen LogP contribution in [0.5, 0.6) is 0 Å². The van der Waals surface area contributed by atoms with Crippen LogP contribution in [-0.2, 0) is 11.2 Å². The van der Waals surface area contributed by atoms with Gasteiger partial charge in [0.25, 0.3) is 5.91 Å². The zero-order chi connectivity index (χ0) is 17.1. The highest BCUT2D eigenvalue weighted by molar-refractivity contribution is 7.09. The lowest BCUT2D eigenvalue weighted by Crippen LogP contribution is -2.42. The molecule has 3 heterocycles. The Bertz CT molecular complexity index is 710. The molecule has 0 radical (unpaired) electrons. The Hall–Kier alpha value is -2.15. The number of amides is 2. The molecule has 2 amide bonds. The predicted octanol–water partition coefficient (Wildman–Crippen LogP) is 2.15. The zero-order valence-corrected chi connectivity index (χ0v) is 14.5. The van der Waals surface area contributed by atoms with Crippen LogP contribution in [0.3, 0.4) is 0 Å². The van der Waals surface area contributed by atoms with E-state index >= 15 is 0 Å². The zero-order valence-electron chi connectivity index (χ0n) is 13.7. The molecule has 2 atom stereocenters. The molecule has 3 N–H and O–H groups in total. The van der Waals surface area contributed by atoms with Gasteiger partial charge in [-0.05, 0) is 36.8 Å². The van der Waals surface area contributed by atoms with Crippen LogP contribution in [0.15, 0.2) is 23.6 Å². The topological polar surface area (TPSA) is 92.1 Å². The van der Waals surface area contributed by atoms with Gasteiger partial charge in [-0.3, -0.25) is 14.7 Å². The molecule has 2 aromatic rings. The van der Waals surface area contributed by atoms with Crippen LogP contribution >= 0.6 is 11.3 Å². The van der Waals surface area contributed by atoms with E-state index < -0.39 is 5.91 Å². The number of hydrogen-bond donors (Lipinski definition) is 2. The van der Waals surface area contributed by atoms with Crippen molar-refractivity contribution in [3.63, 3.8) is 0 Å². The highest BCUT2D eigenvalue weighted by Crippen LogP contribution is 2.27. The molecule has 1 saturated heterocycles. The summed E-state index contributed by atoms with van der Waals surface area (Å²) >= 11 is 1.69. The quantitative estimate of drug-likeness (QED) is 0.869. The molecule has 128 valence electrons. The van der Waals surface area contributed by atoms with Gasteiger partial charge in [0.1, 0.15) is 5.69 Å². The molecule has 0 spiro atoms. The molecule has 0 saturated carbocycles. The molecule has 1 fully saturated rings. The van der Waals surface area contributed by atoms with Gasteiger partial charge in [-0.1, -0.05) is 13.0 Å². The van der Waals surface area contributed by atoms with Crippen LogP contribution in [0.1, 0.15) is 46.7 Å². The Morgan fingerprint density at radius 2 is 2.38 bits per heavy atom. The van der Waals surface area contributed by atoms with Gasteiger partial charge in [-0.15, -0.1) is 11.3 Å². The summed E-state index contributed by atoms with van der Waals surface area (Å²) < 4.78 is 0. The van der Waals surface area contributed by atoms with Gasteiger partial charge in [0, 0.05) is 35.5 Å². The third-order valence-electron chi connectivity index (χ3n) is 4.53. The van der Waals surface area contributed by atoms with Gasteiger partial charge < -0.3 is 10.6 Å². The van der Waals surface area contributed by atoms with E-state index in [1.807, 2.05) is 23.3 Å². The first kappa shape index (κ1) is 16.7. The van der Waals surface area contributed by atoms with Gasteiger partial charge >= 0.3 is 0 Å². The maximum Gasteiger partial charge on any atom is 0.269 e. The Morgan fingerprint density at radius 3 is 3.04 bits per heavy atom. The first-order valence-electron chi connectivity index (χ1n) is 8.21. The van der Waals surface area contributed by atoms with Gasteiger partial charge in [0.2, 0.25) is 5.91 Å². The summed E-state index contributed by atoms with van der Waals surface area (Å²) in [6.45, 7) is 3.45. The van der Waals surface area contributed by atoms with Crippen LogP contribution in [-0.4, -0.2) is 40.0 Å². The fraction of sp³-hybridized carbons (Fsp3) is 0.471. The van der Waals surface area contributed by atoms with E-state index in [-0.39, 0.29) is 23.4 Å². The summed E-state index contributed by atoms with van der Waals surface area (Å²) in [7, 11) is 0. The smallest absolute Gasteiger partial charge is 0.269 e. The van der Waals surface area contributed by atoms with E-state index in [9.17, 15) is 9.59 Å². The number of primary amides is 1. The molecule has 2 aromatic heterocycles. The summed E-state index contributed by atoms with van der Waals surface area (Å²) in [5, 5.41) is 8.88. The SMILES string of the molecule is C[C@H](Cc1cccs1)C(=O)N1CCC[C@@H](c2cc(C(N)=O)n[nH]2)C1. The number of aromatic nitrogens is 2. The van der Waals surface area contributed by atoms with Crippen molar-refractivity contribution in [3.05, 3.63) is 39.8 Å². The minimum atomic E-state index is -0.536. The molecular weight excluding hydrogens is 324 g/mol. The minimum absolute atomic E-state index is 0.0228. The van der Waals surface area contributed by atoms with E-state index in [4.69, 9.17) is 5.73 Å². The summed E-state index contributed by atoms with van der Waals surface area (Å²) in [5.41, 5.74) is 6.38. The van der Waals surface area contributed by atoms with E-state index in [1.165, 1.54) is 4.88 Å². The van der Waals surface area contributed by atoms with Crippen LogP contribution in [0.25, 0.3) is 0 Å². The number of nitrogens with zero attached hydrogens (tertiary/aromatic N) is 2. The van der Waals surface area contributed by atoms with Crippen LogP contribution < -0.4 is 5.73 Å². The Labute approximate surface area is 145 Å². The third kappa shape index (κ3) is 3.67. The molecule has 0 bridgehead atoms. The minimum Gasteiger partial charge on any atom is -0.364 e. The molecule has 0 aromatic carbocycles. The van der Waals surface area contributed by atoms with Crippen molar-refractivity contribution in [3.8, 4) is 0 Å². The van der Waals surface area contributed by atoms with Crippen LogP contribution in [0.4, 0.5) is 0 Å². The van der Waals surface area contributed by atoms with Crippen molar-refractivity contribution in [2.24, 2.45) is 11.7 Å². The molecule has 3 rings (SSSR count). The highest BCUT2D eigenvalue weighted by atomic mass is 32.1. The van der Waals surface area contributed by atoms with Gasteiger partial charge in [0.15, 0.2) is 0 Å². The molecule has 0 aliphatic carbocycles. The van der Waals surface area contributed by atoms with E-state index in [0.29, 0.717) is 6.54 Å². The highest BCUT2D eigenvalue weighted by Gasteiger charge is 2.29. The second kappa shape index (κ2) is 7.17. The van der Waals surface area contributed by atoms with Crippen LogP contribution in [0, 0.1) is 5.92 Å². The maximum absolute atomic E-state index is 12.7. The molecule has 0 unspecified atom stereocenters. The number of rotatable bonds is 5. The van der Waals surface area contributed by atoms with Crippen LogP contribution in [0.2, 0.25) is 0 Å². The van der Waals surface area contributed by atoms with Crippen molar-refractivity contribution >= 4 is 23.2 Å². The molecule has 1 aliphatic heterocycles. The molecule has 7 heteroatoms. The number of aromatic amines is 1. The number of nitrogens with one attached hydrogen (secondary N) is 1. The van der Waals surface area contributed by atoms with Gasteiger partial charge in [0.05, 0.1) is 0 Å². The molecular formula is C17H22N4O2S. The molecule has 24 heavy (non-hydrogen) atoms. The number of likely N-dealkylation sites (tertiary alicyclic amines) is 1. The van der Waals surface area contributed by atoms with Crippen molar-refractivity contribution in [2.45, 2.75) is 32.1 Å². The van der Waals surface area contributed by atoms with Gasteiger partial charge in [-0.2, -0.15) is 5.10 Å². The normalized spacial score (nSPS) is 19.2. The van der Waals surface area contributed by atoms with Crippen molar-refractivity contribution in [2.75, 3.05) is 13.1 Å². The lowest BCUT2D eigenvalue weighted by Gasteiger charge is -2.34. The van der Waals surface area contributed by atoms with Crippen molar-refractivity contribution < 1.29 is 9.59 Å². The number of carbonyl (C=O) groups excluding carboxylic acids is 2. The molecule has 1 aliphatic rings. The largest absolute Gasteiger partial charge is 0.364 e. The fourth-order valence-corrected chi connectivity index (χ4v) is 4.07. The number of piperidine rings is 1. The second-order valence-corrected chi connectivity index (χ2v) is 7.41. The number of thiophene rings is 1. The maximum atomic E-state index is 12.7. The second-order valence-electron chi connectivity index (χ2n) is 6.38. The average molecular weight is 346 g/mol. The Kier molecular flexibility index (Phi) is 4.99. The monoisotopic (exact) mass is 346 g/mol. The van der Waals surface area contributed by atoms with Gasteiger partial charge in [-0.25, -0.2) is 0 Å². The molecule has 6 nitrogen and oxygen atoms in total. The fourth-order valence-electron chi connectivity index (χ4n) is 3.23. The number of H-pyrrole nitrogens is 1. The summed E-state index contributed by atoms with van der Waals surface area (Å²) in [4.78, 5) is 27.1. The first-order valence-corrected chi connectivity index (χ1v) is 9.09. The Morgan fingerprint density at radius 1 is 1.54 bits per heavy atom. The summed E-state index contributed by atoms with van der Waals surface area (Å²) in [5.74, 6) is -0.184. The van der Waals surface area contributed by atoms with E-state index in [0.717, 1.165) is 31.5 Å². The number of hydrogen-bond acceptors (Lipinski definition) is 4. The third-order valence-corrected chi connectivity index (χ3v) is 5.43. The van der Waals surface area contributed by atoms with E-state index in [2.05, 4.69) is 16.3 Å². The van der Waals surface area contributed by atoms with E-state index in [1.54, 1.807) is 17.4 Å². The number of carbonyl (C=O) groups is 2. The first-order chi connectivity index (χ1) is 11.5.